The third kappa shape index (κ3) is 6.31. The molecule has 2 aliphatic rings. The lowest BCUT2D eigenvalue weighted by molar-refractivity contribution is -0.128. The Hall–Kier alpha value is -1.42. The van der Waals surface area contributed by atoms with Gasteiger partial charge in [-0.15, -0.1) is 24.0 Å². The molecule has 2 N–H and O–H groups in total. The molecular weight excluding hydrogens is 457 g/mol. The van der Waals surface area contributed by atoms with Gasteiger partial charge in [-0.1, -0.05) is 6.07 Å². The summed E-state index contributed by atoms with van der Waals surface area (Å²) in [7, 11) is 1.81. The third-order valence-corrected chi connectivity index (χ3v) is 5.00. The van der Waals surface area contributed by atoms with Gasteiger partial charge in [0, 0.05) is 38.4 Å². The molecule has 27 heavy (non-hydrogen) atoms. The Kier molecular flexibility index (Phi) is 8.75. The number of ether oxygens (including phenoxy) is 1. The Morgan fingerprint density at radius 2 is 2.26 bits per heavy atom. The largest absolute Gasteiger partial charge is 0.373 e. The molecule has 3 unspecified atom stereocenters. The van der Waals surface area contributed by atoms with Crippen LogP contribution in [0.15, 0.2) is 29.4 Å². The van der Waals surface area contributed by atoms with Gasteiger partial charge >= 0.3 is 0 Å². The van der Waals surface area contributed by atoms with Crippen molar-refractivity contribution < 1.29 is 9.53 Å². The molecule has 0 spiro atoms. The minimum atomic E-state index is 0. The van der Waals surface area contributed by atoms with E-state index in [0.29, 0.717) is 24.7 Å². The molecule has 1 aromatic rings. The van der Waals surface area contributed by atoms with E-state index in [1.807, 2.05) is 32.2 Å². The Bertz CT molecular complexity index is 628. The fourth-order valence-electron chi connectivity index (χ4n) is 3.51. The number of aliphatic imine (C=N–C) groups is 1. The van der Waals surface area contributed by atoms with E-state index in [1.165, 1.54) is 0 Å². The first-order valence-electron chi connectivity index (χ1n) is 9.50. The Morgan fingerprint density at radius 3 is 2.89 bits per heavy atom. The average Bonchev–Trinajstić information content (AvgIpc) is 3.28. The first-order valence-corrected chi connectivity index (χ1v) is 9.50. The molecule has 150 valence electrons. The minimum Gasteiger partial charge on any atom is -0.373 e. The van der Waals surface area contributed by atoms with Crippen molar-refractivity contribution in [3.63, 3.8) is 0 Å². The second-order valence-electron chi connectivity index (χ2n) is 6.94. The van der Waals surface area contributed by atoms with E-state index >= 15 is 0 Å². The summed E-state index contributed by atoms with van der Waals surface area (Å²) in [6.07, 6.45) is 6.48. The van der Waals surface area contributed by atoms with Crippen molar-refractivity contribution >= 4 is 35.8 Å². The number of hydrogen-bond donors (Lipinski definition) is 2. The number of fused-ring (bicyclic) bond motifs is 2. The SMILES string of the molecule is CCNC(=NCC(=O)N(C)CCc1ccccn1)NC1CC2CCC1O2.I. The molecule has 2 fully saturated rings. The molecule has 8 heteroatoms. The molecule has 1 aromatic heterocycles. The number of carbonyl (C=O) groups excluding carboxylic acids is 1. The Balaban J connectivity index is 0.00000261. The molecule has 2 saturated heterocycles. The number of aromatic nitrogens is 1. The van der Waals surface area contributed by atoms with Crippen LogP contribution in [-0.2, 0) is 16.0 Å². The van der Waals surface area contributed by atoms with Gasteiger partial charge in [0.15, 0.2) is 5.96 Å². The van der Waals surface area contributed by atoms with Gasteiger partial charge in [-0.2, -0.15) is 0 Å². The zero-order valence-corrected chi connectivity index (χ0v) is 18.4. The summed E-state index contributed by atoms with van der Waals surface area (Å²) in [5, 5.41) is 6.66. The van der Waals surface area contributed by atoms with Gasteiger partial charge in [0.25, 0.3) is 0 Å². The highest BCUT2D eigenvalue weighted by Crippen LogP contribution is 2.34. The maximum absolute atomic E-state index is 12.4. The molecule has 3 heterocycles. The second-order valence-corrected chi connectivity index (χ2v) is 6.94. The van der Waals surface area contributed by atoms with Crippen LogP contribution in [0, 0.1) is 0 Å². The van der Waals surface area contributed by atoms with Gasteiger partial charge < -0.3 is 20.3 Å². The van der Waals surface area contributed by atoms with Crippen LogP contribution < -0.4 is 10.6 Å². The molecule has 3 atom stereocenters. The number of likely N-dealkylation sites (N-methyl/N-ethyl adjacent to an activating group) is 1. The van der Waals surface area contributed by atoms with E-state index in [9.17, 15) is 4.79 Å². The van der Waals surface area contributed by atoms with E-state index in [2.05, 4.69) is 20.6 Å². The van der Waals surface area contributed by atoms with Crippen molar-refractivity contribution in [2.75, 3.05) is 26.7 Å². The Morgan fingerprint density at radius 1 is 1.41 bits per heavy atom. The molecular formula is C19H30IN5O2. The average molecular weight is 487 g/mol. The van der Waals surface area contributed by atoms with E-state index < -0.39 is 0 Å². The standard InChI is InChI=1S/C19H29N5O2.HI/c1-3-20-19(23-16-12-15-7-8-17(16)26-15)22-13-18(25)24(2)11-9-14-6-4-5-10-21-14;/h4-6,10,15-17H,3,7-9,11-13H2,1-2H3,(H2,20,22,23);1H. The molecule has 0 aliphatic carbocycles. The number of carbonyl (C=O) groups is 1. The van der Waals surface area contributed by atoms with Crippen LogP contribution in [0.5, 0.6) is 0 Å². The van der Waals surface area contributed by atoms with E-state index in [4.69, 9.17) is 4.74 Å². The van der Waals surface area contributed by atoms with Crippen LogP contribution >= 0.6 is 24.0 Å². The fraction of sp³-hybridized carbons (Fsp3) is 0.632. The number of amides is 1. The maximum Gasteiger partial charge on any atom is 0.244 e. The molecule has 0 radical (unpaired) electrons. The van der Waals surface area contributed by atoms with E-state index in [1.54, 1.807) is 11.1 Å². The quantitative estimate of drug-likeness (QED) is 0.347. The summed E-state index contributed by atoms with van der Waals surface area (Å²) in [6, 6.07) is 6.12. The zero-order valence-electron chi connectivity index (χ0n) is 16.1. The third-order valence-electron chi connectivity index (χ3n) is 5.00. The van der Waals surface area contributed by atoms with Gasteiger partial charge in [0.05, 0.1) is 18.2 Å². The lowest BCUT2D eigenvalue weighted by Gasteiger charge is -2.23. The van der Waals surface area contributed by atoms with Gasteiger partial charge in [0.1, 0.15) is 6.54 Å². The smallest absolute Gasteiger partial charge is 0.244 e. The number of nitrogens with zero attached hydrogens (tertiary/aromatic N) is 3. The monoisotopic (exact) mass is 487 g/mol. The van der Waals surface area contributed by atoms with Crippen molar-refractivity contribution in [1.82, 2.24) is 20.5 Å². The van der Waals surface area contributed by atoms with Crippen molar-refractivity contribution in [3.05, 3.63) is 30.1 Å². The summed E-state index contributed by atoms with van der Waals surface area (Å²) < 4.78 is 5.88. The molecule has 0 aromatic carbocycles. The molecule has 2 bridgehead atoms. The molecule has 2 aliphatic heterocycles. The van der Waals surface area contributed by atoms with Gasteiger partial charge in [-0.25, -0.2) is 4.99 Å². The molecule has 0 saturated carbocycles. The van der Waals surface area contributed by atoms with Crippen molar-refractivity contribution in [3.8, 4) is 0 Å². The summed E-state index contributed by atoms with van der Waals surface area (Å²) in [5.74, 6) is 0.697. The van der Waals surface area contributed by atoms with Crippen LogP contribution in [0.4, 0.5) is 0 Å². The van der Waals surface area contributed by atoms with Gasteiger partial charge in [0.2, 0.25) is 5.91 Å². The molecule has 1 amide bonds. The van der Waals surface area contributed by atoms with Crippen molar-refractivity contribution in [1.29, 1.82) is 0 Å². The highest BCUT2D eigenvalue weighted by atomic mass is 127. The molecule has 7 nitrogen and oxygen atoms in total. The van der Waals surface area contributed by atoms with E-state index in [-0.39, 0.29) is 42.5 Å². The number of pyridine rings is 1. The van der Waals surface area contributed by atoms with Crippen molar-refractivity contribution in [2.45, 2.75) is 50.9 Å². The van der Waals surface area contributed by atoms with Crippen LogP contribution in [0.1, 0.15) is 31.9 Å². The first kappa shape index (κ1) is 21.9. The number of nitrogens with one attached hydrogen (secondary N) is 2. The van der Waals surface area contributed by atoms with Crippen molar-refractivity contribution in [2.24, 2.45) is 4.99 Å². The first-order chi connectivity index (χ1) is 12.7. The highest BCUT2D eigenvalue weighted by molar-refractivity contribution is 14.0. The number of guanidine groups is 1. The van der Waals surface area contributed by atoms with Gasteiger partial charge in [-0.3, -0.25) is 9.78 Å². The summed E-state index contributed by atoms with van der Waals surface area (Å²) in [5.41, 5.74) is 0.988. The summed E-state index contributed by atoms with van der Waals surface area (Å²) in [6.45, 7) is 3.55. The van der Waals surface area contributed by atoms with E-state index in [0.717, 1.165) is 37.9 Å². The summed E-state index contributed by atoms with van der Waals surface area (Å²) >= 11 is 0. The predicted octanol–water partition coefficient (Wildman–Crippen LogP) is 1.58. The highest BCUT2D eigenvalue weighted by Gasteiger charge is 2.41. The Labute approximate surface area is 178 Å². The predicted molar refractivity (Wildman–Crippen MR) is 116 cm³/mol. The summed E-state index contributed by atoms with van der Waals surface area (Å²) in [4.78, 5) is 22.8. The van der Waals surface area contributed by atoms with Crippen LogP contribution in [-0.4, -0.2) is 66.7 Å². The topological polar surface area (TPSA) is 78.9 Å². The number of rotatable bonds is 7. The fourth-order valence-corrected chi connectivity index (χ4v) is 3.51. The van der Waals surface area contributed by atoms with Gasteiger partial charge in [-0.05, 0) is 38.3 Å². The maximum atomic E-state index is 12.4. The number of halogens is 1. The molecule has 3 rings (SSSR count). The zero-order chi connectivity index (χ0) is 18.4. The normalized spacial score (nSPS) is 23.6. The lowest BCUT2D eigenvalue weighted by atomic mass is 9.96. The van der Waals surface area contributed by atoms with Crippen LogP contribution in [0.3, 0.4) is 0 Å². The minimum absolute atomic E-state index is 0. The van der Waals surface area contributed by atoms with Crippen LogP contribution in [0.25, 0.3) is 0 Å². The second kappa shape index (κ2) is 10.8. The number of hydrogen-bond acceptors (Lipinski definition) is 4. The van der Waals surface area contributed by atoms with Crippen LogP contribution in [0.2, 0.25) is 0 Å². The lowest BCUT2D eigenvalue weighted by Crippen LogP contribution is -2.47.